The van der Waals surface area contributed by atoms with Gasteiger partial charge in [-0.2, -0.15) is 0 Å². The van der Waals surface area contributed by atoms with E-state index in [4.69, 9.17) is 5.84 Å². The Labute approximate surface area is 123 Å². The van der Waals surface area contributed by atoms with Crippen LogP contribution in [0.15, 0.2) is 22.7 Å². The smallest absolute Gasteiger partial charge is 0.124 e. The fourth-order valence-corrected chi connectivity index (χ4v) is 3.67. The Morgan fingerprint density at radius 1 is 1.32 bits per heavy atom. The first kappa shape index (κ1) is 14.9. The number of nitrogens with two attached hydrogens (primary N) is 1. The van der Waals surface area contributed by atoms with Gasteiger partial charge in [0.05, 0.1) is 0 Å². The van der Waals surface area contributed by atoms with Gasteiger partial charge in [0, 0.05) is 10.5 Å². The lowest BCUT2D eigenvalue weighted by molar-refractivity contribution is 0.219. The zero-order valence-corrected chi connectivity index (χ0v) is 12.9. The molecule has 106 valence electrons. The third kappa shape index (κ3) is 3.77. The molecule has 1 fully saturated rings. The zero-order valence-electron chi connectivity index (χ0n) is 11.3. The standard InChI is InChI=1S/C15H22BrFN2/c1-2-10-3-5-11(6-4-10)15(19-18)12-7-13(16)9-14(17)8-12/h7-11,15,19H,2-6,18H2,1H3. The summed E-state index contributed by atoms with van der Waals surface area (Å²) >= 11 is 3.35. The summed E-state index contributed by atoms with van der Waals surface area (Å²) < 4.78 is 14.3. The van der Waals surface area contributed by atoms with Crippen molar-refractivity contribution in [3.05, 3.63) is 34.1 Å². The number of hydrazine groups is 1. The third-order valence-electron chi connectivity index (χ3n) is 4.36. The molecule has 1 aliphatic carbocycles. The summed E-state index contributed by atoms with van der Waals surface area (Å²) in [6.45, 7) is 2.26. The second-order valence-corrected chi connectivity index (χ2v) is 6.45. The Balaban J connectivity index is 2.11. The van der Waals surface area contributed by atoms with Crippen LogP contribution in [0.25, 0.3) is 0 Å². The van der Waals surface area contributed by atoms with Gasteiger partial charge in [-0.05, 0) is 48.4 Å². The molecular formula is C15H22BrFN2. The van der Waals surface area contributed by atoms with Crippen LogP contribution in [0.1, 0.15) is 50.6 Å². The second-order valence-electron chi connectivity index (χ2n) is 5.54. The van der Waals surface area contributed by atoms with E-state index in [0.29, 0.717) is 5.92 Å². The second kappa shape index (κ2) is 6.82. The molecule has 0 aliphatic heterocycles. The number of benzene rings is 1. The minimum absolute atomic E-state index is 0.0461. The van der Waals surface area contributed by atoms with E-state index >= 15 is 0 Å². The van der Waals surface area contributed by atoms with Gasteiger partial charge < -0.3 is 0 Å². The van der Waals surface area contributed by atoms with E-state index in [0.717, 1.165) is 16.0 Å². The van der Waals surface area contributed by atoms with Gasteiger partial charge in [0.15, 0.2) is 0 Å². The third-order valence-corrected chi connectivity index (χ3v) is 4.82. The van der Waals surface area contributed by atoms with Crippen molar-refractivity contribution in [1.82, 2.24) is 5.43 Å². The Kier molecular flexibility index (Phi) is 5.37. The normalized spacial score (nSPS) is 25.3. The van der Waals surface area contributed by atoms with E-state index in [9.17, 15) is 4.39 Å². The van der Waals surface area contributed by atoms with Crippen LogP contribution in [-0.2, 0) is 0 Å². The van der Waals surface area contributed by atoms with Gasteiger partial charge in [-0.3, -0.25) is 11.3 Å². The average Bonchev–Trinajstić information content (AvgIpc) is 2.39. The summed E-state index contributed by atoms with van der Waals surface area (Å²) in [6, 6.07) is 5.07. The molecule has 0 radical (unpaired) electrons. The molecule has 1 aromatic rings. The van der Waals surface area contributed by atoms with Gasteiger partial charge in [-0.1, -0.05) is 42.1 Å². The quantitative estimate of drug-likeness (QED) is 0.638. The molecule has 2 rings (SSSR count). The molecule has 1 unspecified atom stereocenters. The van der Waals surface area contributed by atoms with Gasteiger partial charge in [0.2, 0.25) is 0 Å². The maximum absolute atomic E-state index is 13.5. The van der Waals surface area contributed by atoms with E-state index < -0.39 is 0 Å². The van der Waals surface area contributed by atoms with Crippen molar-refractivity contribution in [1.29, 1.82) is 0 Å². The van der Waals surface area contributed by atoms with E-state index in [1.54, 1.807) is 6.07 Å². The first-order valence-corrected chi connectivity index (χ1v) is 7.85. The molecule has 1 aliphatic rings. The predicted octanol–water partition coefficient (Wildman–Crippen LogP) is 4.31. The van der Waals surface area contributed by atoms with E-state index in [1.807, 2.05) is 6.07 Å². The molecule has 0 saturated heterocycles. The maximum Gasteiger partial charge on any atom is 0.124 e. The van der Waals surface area contributed by atoms with Crippen LogP contribution in [0.3, 0.4) is 0 Å². The summed E-state index contributed by atoms with van der Waals surface area (Å²) in [5.41, 5.74) is 3.83. The first-order chi connectivity index (χ1) is 9.13. The molecule has 0 aromatic heterocycles. The minimum atomic E-state index is -0.216. The zero-order chi connectivity index (χ0) is 13.8. The van der Waals surface area contributed by atoms with Crippen molar-refractivity contribution in [2.75, 3.05) is 0 Å². The van der Waals surface area contributed by atoms with Crippen LogP contribution in [0, 0.1) is 17.7 Å². The Morgan fingerprint density at radius 3 is 2.53 bits per heavy atom. The summed E-state index contributed by atoms with van der Waals surface area (Å²) in [7, 11) is 0. The molecular weight excluding hydrogens is 307 g/mol. The SMILES string of the molecule is CCC1CCC(C(NN)c2cc(F)cc(Br)c2)CC1. The fraction of sp³-hybridized carbons (Fsp3) is 0.600. The molecule has 3 N–H and O–H groups in total. The van der Waals surface area contributed by atoms with Gasteiger partial charge in [-0.25, -0.2) is 4.39 Å². The highest BCUT2D eigenvalue weighted by Gasteiger charge is 2.27. The highest BCUT2D eigenvalue weighted by atomic mass is 79.9. The molecule has 0 spiro atoms. The van der Waals surface area contributed by atoms with Gasteiger partial charge in [-0.15, -0.1) is 0 Å². The molecule has 4 heteroatoms. The lowest BCUT2D eigenvalue weighted by atomic mass is 9.76. The largest absolute Gasteiger partial charge is 0.271 e. The van der Waals surface area contributed by atoms with Crippen molar-refractivity contribution >= 4 is 15.9 Å². The number of halogens is 2. The van der Waals surface area contributed by atoms with Crippen LogP contribution in [0.2, 0.25) is 0 Å². The maximum atomic E-state index is 13.5. The summed E-state index contributed by atoms with van der Waals surface area (Å²) in [5.74, 6) is 6.86. The fourth-order valence-electron chi connectivity index (χ4n) is 3.19. The highest BCUT2D eigenvalue weighted by molar-refractivity contribution is 9.10. The van der Waals surface area contributed by atoms with E-state index in [1.165, 1.54) is 38.2 Å². The summed E-state index contributed by atoms with van der Waals surface area (Å²) in [5, 5.41) is 0. The first-order valence-electron chi connectivity index (χ1n) is 7.06. The minimum Gasteiger partial charge on any atom is -0.271 e. The number of hydrogen-bond donors (Lipinski definition) is 2. The average molecular weight is 329 g/mol. The molecule has 0 heterocycles. The lowest BCUT2D eigenvalue weighted by Gasteiger charge is -2.33. The molecule has 2 nitrogen and oxygen atoms in total. The Morgan fingerprint density at radius 2 is 2.00 bits per heavy atom. The van der Waals surface area contributed by atoms with Crippen LogP contribution in [-0.4, -0.2) is 0 Å². The lowest BCUT2D eigenvalue weighted by Crippen LogP contribution is -2.35. The Bertz CT molecular complexity index is 396. The van der Waals surface area contributed by atoms with Crippen LogP contribution in [0.5, 0.6) is 0 Å². The molecule has 19 heavy (non-hydrogen) atoms. The number of rotatable bonds is 4. The van der Waals surface area contributed by atoms with Gasteiger partial charge >= 0.3 is 0 Å². The molecule has 1 aromatic carbocycles. The van der Waals surface area contributed by atoms with Crippen molar-refractivity contribution in [2.24, 2.45) is 17.7 Å². The summed E-state index contributed by atoms with van der Waals surface area (Å²) in [6.07, 6.45) is 6.12. The number of hydrogen-bond acceptors (Lipinski definition) is 2. The van der Waals surface area contributed by atoms with Crippen molar-refractivity contribution < 1.29 is 4.39 Å². The van der Waals surface area contributed by atoms with Crippen molar-refractivity contribution in [3.8, 4) is 0 Å². The van der Waals surface area contributed by atoms with Crippen LogP contribution in [0.4, 0.5) is 4.39 Å². The van der Waals surface area contributed by atoms with Crippen LogP contribution < -0.4 is 11.3 Å². The van der Waals surface area contributed by atoms with E-state index in [2.05, 4.69) is 28.3 Å². The molecule has 1 atom stereocenters. The molecule has 0 amide bonds. The highest BCUT2D eigenvalue weighted by Crippen LogP contribution is 2.38. The topological polar surface area (TPSA) is 38.0 Å². The summed E-state index contributed by atoms with van der Waals surface area (Å²) in [4.78, 5) is 0. The van der Waals surface area contributed by atoms with Crippen molar-refractivity contribution in [3.63, 3.8) is 0 Å². The van der Waals surface area contributed by atoms with Crippen molar-refractivity contribution in [2.45, 2.75) is 45.1 Å². The van der Waals surface area contributed by atoms with E-state index in [-0.39, 0.29) is 11.9 Å². The monoisotopic (exact) mass is 328 g/mol. The van der Waals surface area contributed by atoms with Gasteiger partial charge in [0.1, 0.15) is 5.82 Å². The van der Waals surface area contributed by atoms with Crippen LogP contribution >= 0.6 is 15.9 Å². The Hall–Kier alpha value is -0.450. The predicted molar refractivity (Wildman–Crippen MR) is 79.9 cm³/mol. The molecule has 0 bridgehead atoms. The number of nitrogens with one attached hydrogen (secondary N) is 1. The molecule has 1 saturated carbocycles. The van der Waals surface area contributed by atoms with Gasteiger partial charge in [0.25, 0.3) is 0 Å².